The molecular weight excluding hydrogens is 204 g/mol. The second-order valence-electron chi connectivity index (χ2n) is 3.27. The van der Waals surface area contributed by atoms with E-state index < -0.39 is 0 Å². The summed E-state index contributed by atoms with van der Waals surface area (Å²) >= 11 is 7.77. The van der Waals surface area contributed by atoms with Crippen molar-refractivity contribution in [2.75, 3.05) is 19.6 Å². The molecule has 2 N–H and O–H groups in total. The molecule has 1 aliphatic heterocycles. The number of nitrogens with zero attached hydrogens (tertiary/aromatic N) is 1. The molecule has 2 nitrogen and oxygen atoms in total. The molecule has 1 atom stereocenters. The Morgan fingerprint density at radius 1 is 1.62 bits per heavy atom. The summed E-state index contributed by atoms with van der Waals surface area (Å²) in [6.07, 6.45) is 1.29. The van der Waals surface area contributed by atoms with Crippen molar-refractivity contribution < 1.29 is 0 Å². The molecule has 0 aliphatic carbocycles. The quantitative estimate of drug-likeness (QED) is 0.839. The minimum atomic E-state index is 0.348. The Labute approximate surface area is 87.3 Å². The Balaban J connectivity index is 2.16. The summed E-state index contributed by atoms with van der Waals surface area (Å²) in [5.74, 6) is 0. The number of hydrogen-bond donors (Lipinski definition) is 1. The Morgan fingerprint density at radius 3 is 2.77 bits per heavy atom. The van der Waals surface area contributed by atoms with Gasteiger partial charge in [-0.3, -0.25) is 4.90 Å². The predicted molar refractivity (Wildman–Crippen MR) is 57.3 cm³/mol. The van der Waals surface area contributed by atoms with E-state index in [0.29, 0.717) is 12.6 Å². The van der Waals surface area contributed by atoms with Gasteiger partial charge in [0.15, 0.2) is 0 Å². The van der Waals surface area contributed by atoms with Crippen molar-refractivity contribution in [3.8, 4) is 0 Å². The average Bonchev–Trinajstić information content (AvgIpc) is 2.43. The molecule has 4 heteroatoms. The summed E-state index contributed by atoms with van der Waals surface area (Å²) in [6.45, 7) is 2.99. The van der Waals surface area contributed by atoms with Crippen molar-refractivity contribution in [3.63, 3.8) is 0 Å². The highest BCUT2D eigenvalue weighted by Crippen LogP contribution is 2.33. The van der Waals surface area contributed by atoms with Gasteiger partial charge in [-0.05, 0) is 17.9 Å². The SMILES string of the molecule is NCC(c1sccc1Cl)N1CCC1. The summed E-state index contributed by atoms with van der Waals surface area (Å²) in [4.78, 5) is 3.61. The van der Waals surface area contributed by atoms with Crippen LogP contribution in [0.5, 0.6) is 0 Å². The Morgan fingerprint density at radius 2 is 2.38 bits per heavy atom. The van der Waals surface area contributed by atoms with Gasteiger partial charge in [-0.15, -0.1) is 11.3 Å². The number of likely N-dealkylation sites (tertiary alicyclic amines) is 1. The highest BCUT2D eigenvalue weighted by Gasteiger charge is 2.26. The molecule has 0 aromatic carbocycles. The topological polar surface area (TPSA) is 29.3 Å². The van der Waals surface area contributed by atoms with Gasteiger partial charge in [-0.25, -0.2) is 0 Å². The first-order valence-electron chi connectivity index (χ1n) is 4.50. The van der Waals surface area contributed by atoms with Crippen LogP contribution in [0.2, 0.25) is 5.02 Å². The van der Waals surface area contributed by atoms with E-state index in [4.69, 9.17) is 17.3 Å². The molecule has 1 saturated heterocycles. The molecule has 2 heterocycles. The van der Waals surface area contributed by atoms with Crippen molar-refractivity contribution in [3.05, 3.63) is 21.3 Å². The van der Waals surface area contributed by atoms with Gasteiger partial charge in [0.2, 0.25) is 0 Å². The van der Waals surface area contributed by atoms with E-state index >= 15 is 0 Å². The zero-order valence-corrected chi connectivity index (χ0v) is 8.94. The van der Waals surface area contributed by atoms with Crippen LogP contribution in [0.15, 0.2) is 11.4 Å². The summed E-state index contributed by atoms with van der Waals surface area (Å²) in [5.41, 5.74) is 5.75. The normalized spacial score (nSPS) is 19.8. The van der Waals surface area contributed by atoms with Crippen molar-refractivity contribution in [1.82, 2.24) is 4.90 Å². The molecule has 1 aliphatic rings. The first-order chi connectivity index (χ1) is 6.33. The molecule has 0 radical (unpaired) electrons. The molecule has 0 saturated carbocycles. The third kappa shape index (κ3) is 1.74. The Hall–Kier alpha value is -0.0900. The lowest BCUT2D eigenvalue weighted by molar-refractivity contribution is 0.124. The van der Waals surface area contributed by atoms with Crippen molar-refractivity contribution in [2.45, 2.75) is 12.5 Å². The van der Waals surface area contributed by atoms with E-state index in [2.05, 4.69) is 4.90 Å². The van der Waals surface area contributed by atoms with E-state index in [1.165, 1.54) is 11.3 Å². The summed E-state index contributed by atoms with van der Waals surface area (Å²) in [5, 5.41) is 2.90. The number of hydrogen-bond acceptors (Lipinski definition) is 3. The van der Waals surface area contributed by atoms with Crippen LogP contribution in [0.3, 0.4) is 0 Å². The third-order valence-electron chi connectivity index (χ3n) is 2.50. The first kappa shape index (κ1) is 9.46. The lowest BCUT2D eigenvalue weighted by atomic mass is 10.1. The van der Waals surface area contributed by atoms with Crippen LogP contribution in [0.1, 0.15) is 17.3 Å². The lowest BCUT2D eigenvalue weighted by Gasteiger charge is -2.37. The molecule has 2 rings (SSSR count). The smallest absolute Gasteiger partial charge is 0.0579 e. The molecule has 13 heavy (non-hydrogen) atoms. The highest BCUT2D eigenvalue weighted by atomic mass is 35.5. The summed E-state index contributed by atoms with van der Waals surface area (Å²) < 4.78 is 0. The fourth-order valence-electron chi connectivity index (χ4n) is 1.62. The Kier molecular flexibility index (Phi) is 2.89. The monoisotopic (exact) mass is 216 g/mol. The lowest BCUT2D eigenvalue weighted by Crippen LogP contribution is -2.42. The number of thiophene rings is 1. The molecule has 1 aromatic heterocycles. The van der Waals surface area contributed by atoms with E-state index in [1.807, 2.05) is 11.4 Å². The molecule has 1 unspecified atom stereocenters. The molecule has 0 amide bonds. The van der Waals surface area contributed by atoms with Crippen LogP contribution in [-0.4, -0.2) is 24.5 Å². The fourth-order valence-corrected chi connectivity index (χ4v) is 2.95. The van der Waals surface area contributed by atoms with Crippen LogP contribution in [0, 0.1) is 0 Å². The maximum Gasteiger partial charge on any atom is 0.0579 e. The van der Waals surface area contributed by atoms with Gasteiger partial charge in [-0.2, -0.15) is 0 Å². The van der Waals surface area contributed by atoms with E-state index in [-0.39, 0.29) is 0 Å². The number of nitrogens with two attached hydrogens (primary N) is 1. The predicted octanol–water partition coefficient (Wildman–Crippen LogP) is 2.11. The molecule has 72 valence electrons. The second kappa shape index (κ2) is 3.96. The zero-order valence-electron chi connectivity index (χ0n) is 7.37. The van der Waals surface area contributed by atoms with Crippen molar-refractivity contribution >= 4 is 22.9 Å². The van der Waals surface area contributed by atoms with Crippen molar-refractivity contribution in [1.29, 1.82) is 0 Å². The standard InChI is InChI=1S/C9H13ClN2S/c10-7-2-5-13-9(7)8(6-11)12-3-1-4-12/h2,5,8H,1,3-4,6,11H2. The third-order valence-corrected chi connectivity index (χ3v) is 3.96. The minimum absolute atomic E-state index is 0.348. The van der Waals surface area contributed by atoms with Gasteiger partial charge < -0.3 is 5.73 Å². The van der Waals surface area contributed by atoms with Crippen LogP contribution in [-0.2, 0) is 0 Å². The van der Waals surface area contributed by atoms with Gasteiger partial charge in [0.25, 0.3) is 0 Å². The summed E-state index contributed by atoms with van der Waals surface area (Å²) in [7, 11) is 0. The van der Waals surface area contributed by atoms with Gasteiger partial charge in [-0.1, -0.05) is 11.6 Å². The van der Waals surface area contributed by atoms with E-state index in [1.54, 1.807) is 11.3 Å². The molecule has 1 fully saturated rings. The second-order valence-corrected chi connectivity index (χ2v) is 4.63. The first-order valence-corrected chi connectivity index (χ1v) is 5.75. The van der Waals surface area contributed by atoms with Crippen LogP contribution in [0.25, 0.3) is 0 Å². The fraction of sp³-hybridized carbons (Fsp3) is 0.556. The largest absolute Gasteiger partial charge is 0.329 e. The van der Waals surface area contributed by atoms with E-state index in [9.17, 15) is 0 Å². The van der Waals surface area contributed by atoms with Gasteiger partial charge in [0, 0.05) is 24.5 Å². The number of halogens is 1. The van der Waals surface area contributed by atoms with Crippen LogP contribution < -0.4 is 5.73 Å². The van der Waals surface area contributed by atoms with Gasteiger partial charge >= 0.3 is 0 Å². The highest BCUT2D eigenvalue weighted by molar-refractivity contribution is 7.10. The van der Waals surface area contributed by atoms with Crippen molar-refractivity contribution in [2.24, 2.45) is 5.73 Å². The van der Waals surface area contributed by atoms with Gasteiger partial charge in [0.05, 0.1) is 11.1 Å². The molecular formula is C9H13ClN2S. The maximum absolute atomic E-state index is 6.07. The van der Waals surface area contributed by atoms with Crippen LogP contribution >= 0.6 is 22.9 Å². The van der Waals surface area contributed by atoms with E-state index in [0.717, 1.165) is 18.1 Å². The zero-order chi connectivity index (χ0) is 9.26. The maximum atomic E-state index is 6.07. The molecule has 0 bridgehead atoms. The summed E-state index contributed by atoms with van der Waals surface area (Å²) in [6, 6.07) is 2.30. The van der Waals surface area contributed by atoms with Crippen LogP contribution in [0.4, 0.5) is 0 Å². The number of rotatable bonds is 3. The minimum Gasteiger partial charge on any atom is -0.329 e. The molecule has 0 spiro atoms. The Bertz CT molecular complexity index is 283. The average molecular weight is 217 g/mol. The molecule has 1 aromatic rings. The van der Waals surface area contributed by atoms with Gasteiger partial charge in [0.1, 0.15) is 0 Å².